The Morgan fingerprint density at radius 1 is 1.50 bits per heavy atom. The number of fused-ring (bicyclic) bond motifs is 1. The highest BCUT2D eigenvalue weighted by atomic mass is 16.3. The van der Waals surface area contributed by atoms with E-state index in [1.165, 1.54) is 16.7 Å². The maximum Gasteiger partial charge on any atom is 0.0584 e. The summed E-state index contributed by atoms with van der Waals surface area (Å²) >= 11 is 0. The first-order chi connectivity index (χ1) is 7.74. The Hall–Kier alpha value is -0.860. The molecule has 0 amide bonds. The fourth-order valence-electron chi connectivity index (χ4n) is 2.50. The summed E-state index contributed by atoms with van der Waals surface area (Å²) in [6, 6.07) is 7.37. The normalized spacial score (nSPS) is 20.8. The highest BCUT2D eigenvalue weighted by molar-refractivity contribution is 5.37. The lowest BCUT2D eigenvalue weighted by Crippen LogP contribution is -2.34. The molecule has 2 nitrogen and oxygen atoms in total. The van der Waals surface area contributed by atoms with Gasteiger partial charge in [0.05, 0.1) is 6.61 Å². The fraction of sp³-hybridized carbons (Fsp3) is 0.571. The summed E-state index contributed by atoms with van der Waals surface area (Å²) in [5, 5.41) is 12.8. The SMILES string of the molecule is CC[C@H](CO)NC1CCc2cc(C)ccc21. The standard InChI is InChI=1S/C14H21NO/c1-3-12(9-16)15-14-7-5-11-8-10(2)4-6-13(11)14/h4,6,8,12,14-16H,3,5,7,9H2,1-2H3/t12-,14?/m1/s1. The molecule has 2 atom stereocenters. The molecule has 1 aromatic carbocycles. The summed E-state index contributed by atoms with van der Waals surface area (Å²) in [6.45, 7) is 4.48. The summed E-state index contributed by atoms with van der Waals surface area (Å²) in [4.78, 5) is 0. The maximum absolute atomic E-state index is 9.22. The summed E-state index contributed by atoms with van der Waals surface area (Å²) in [7, 11) is 0. The molecule has 2 heteroatoms. The summed E-state index contributed by atoms with van der Waals surface area (Å²) in [5.74, 6) is 0. The van der Waals surface area contributed by atoms with E-state index in [0.717, 1.165) is 19.3 Å². The molecule has 1 aromatic rings. The lowest BCUT2D eigenvalue weighted by molar-refractivity contribution is 0.227. The third-order valence-electron chi connectivity index (χ3n) is 3.53. The molecule has 0 saturated heterocycles. The second kappa shape index (κ2) is 4.98. The predicted molar refractivity (Wildman–Crippen MR) is 66.5 cm³/mol. The summed E-state index contributed by atoms with van der Waals surface area (Å²) < 4.78 is 0. The molecule has 1 unspecified atom stereocenters. The molecule has 88 valence electrons. The number of aliphatic hydroxyl groups is 1. The van der Waals surface area contributed by atoms with Gasteiger partial charge in [-0.25, -0.2) is 0 Å². The van der Waals surface area contributed by atoms with E-state index in [2.05, 4.69) is 37.4 Å². The van der Waals surface area contributed by atoms with E-state index >= 15 is 0 Å². The lowest BCUT2D eigenvalue weighted by Gasteiger charge is -2.20. The minimum absolute atomic E-state index is 0.230. The van der Waals surface area contributed by atoms with E-state index in [1.807, 2.05) is 0 Å². The Morgan fingerprint density at radius 3 is 3.00 bits per heavy atom. The first-order valence-corrected chi connectivity index (χ1v) is 6.21. The molecule has 0 bridgehead atoms. The highest BCUT2D eigenvalue weighted by Gasteiger charge is 2.23. The van der Waals surface area contributed by atoms with E-state index in [1.54, 1.807) is 0 Å². The first-order valence-electron chi connectivity index (χ1n) is 6.21. The van der Waals surface area contributed by atoms with E-state index in [4.69, 9.17) is 0 Å². The van der Waals surface area contributed by atoms with E-state index in [9.17, 15) is 5.11 Å². The van der Waals surface area contributed by atoms with Gasteiger partial charge in [0.25, 0.3) is 0 Å². The average molecular weight is 219 g/mol. The van der Waals surface area contributed by atoms with Crippen LogP contribution in [0.15, 0.2) is 18.2 Å². The average Bonchev–Trinajstić information content (AvgIpc) is 2.68. The monoisotopic (exact) mass is 219 g/mol. The molecule has 2 rings (SSSR count). The van der Waals surface area contributed by atoms with Crippen molar-refractivity contribution in [3.63, 3.8) is 0 Å². The van der Waals surface area contributed by atoms with Crippen molar-refractivity contribution in [3.05, 3.63) is 34.9 Å². The smallest absolute Gasteiger partial charge is 0.0584 e. The first kappa shape index (κ1) is 11.6. The van der Waals surface area contributed by atoms with Crippen LogP contribution in [0, 0.1) is 6.92 Å². The van der Waals surface area contributed by atoms with Gasteiger partial charge in [0, 0.05) is 12.1 Å². The highest BCUT2D eigenvalue weighted by Crippen LogP contribution is 2.32. The quantitative estimate of drug-likeness (QED) is 0.814. The van der Waals surface area contributed by atoms with Gasteiger partial charge in [-0.1, -0.05) is 30.7 Å². The van der Waals surface area contributed by atoms with Crippen LogP contribution in [0.4, 0.5) is 0 Å². The van der Waals surface area contributed by atoms with Gasteiger partial charge in [0.15, 0.2) is 0 Å². The number of rotatable bonds is 4. The third kappa shape index (κ3) is 2.28. The van der Waals surface area contributed by atoms with E-state index < -0.39 is 0 Å². The van der Waals surface area contributed by atoms with Crippen molar-refractivity contribution in [3.8, 4) is 0 Å². The van der Waals surface area contributed by atoms with Gasteiger partial charge in [-0.2, -0.15) is 0 Å². The van der Waals surface area contributed by atoms with Crippen molar-refractivity contribution in [2.75, 3.05) is 6.61 Å². The Labute approximate surface area is 97.7 Å². The molecular formula is C14H21NO. The predicted octanol–water partition coefficient (Wildman–Crippen LogP) is 2.34. The number of benzene rings is 1. The zero-order valence-corrected chi connectivity index (χ0v) is 10.2. The molecule has 0 aromatic heterocycles. The van der Waals surface area contributed by atoms with Crippen molar-refractivity contribution in [2.45, 2.75) is 45.2 Å². The Morgan fingerprint density at radius 2 is 2.31 bits per heavy atom. The van der Waals surface area contributed by atoms with Crippen LogP contribution in [-0.4, -0.2) is 17.8 Å². The van der Waals surface area contributed by atoms with Gasteiger partial charge in [-0.3, -0.25) is 0 Å². The van der Waals surface area contributed by atoms with Crippen LogP contribution in [0.25, 0.3) is 0 Å². The van der Waals surface area contributed by atoms with Crippen LogP contribution in [-0.2, 0) is 6.42 Å². The van der Waals surface area contributed by atoms with Crippen molar-refractivity contribution < 1.29 is 5.11 Å². The molecule has 0 fully saturated rings. The van der Waals surface area contributed by atoms with Crippen LogP contribution in [0.1, 0.15) is 42.5 Å². The maximum atomic E-state index is 9.22. The van der Waals surface area contributed by atoms with Gasteiger partial charge in [-0.15, -0.1) is 0 Å². The molecular weight excluding hydrogens is 198 g/mol. The molecule has 1 aliphatic rings. The Balaban J connectivity index is 2.11. The van der Waals surface area contributed by atoms with Crippen molar-refractivity contribution in [1.82, 2.24) is 5.32 Å². The number of hydrogen-bond acceptors (Lipinski definition) is 2. The van der Waals surface area contributed by atoms with Crippen molar-refractivity contribution in [2.24, 2.45) is 0 Å². The van der Waals surface area contributed by atoms with Gasteiger partial charge < -0.3 is 10.4 Å². The zero-order valence-electron chi connectivity index (χ0n) is 10.2. The number of aryl methyl sites for hydroxylation is 2. The molecule has 16 heavy (non-hydrogen) atoms. The van der Waals surface area contributed by atoms with Crippen LogP contribution in [0.2, 0.25) is 0 Å². The molecule has 0 radical (unpaired) electrons. The van der Waals surface area contributed by atoms with Gasteiger partial charge in [0.2, 0.25) is 0 Å². The van der Waals surface area contributed by atoms with Crippen LogP contribution >= 0.6 is 0 Å². The number of aliphatic hydroxyl groups excluding tert-OH is 1. The number of nitrogens with one attached hydrogen (secondary N) is 1. The van der Waals surface area contributed by atoms with Crippen molar-refractivity contribution >= 4 is 0 Å². The van der Waals surface area contributed by atoms with Crippen molar-refractivity contribution in [1.29, 1.82) is 0 Å². The minimum atomic E-state index is 0.230. The van der Waals surface area contributed by atoms with Crippen LogP contribution < -0.4 is 5.32 Å². The van der Waals surface area contributed by atoms with Gasteiger partial charge in [-0.05, 0) is 37.3 Å². The van der Waals surface area contributed by atoms with E-state index in [-0.39, 0.29) is 12.6 Å². The molecule has 0 heterocycles. The molecule has 1 aliphatic carbocycles. The van der Waals surface area contributed by atoms with Crippen LogP contribution in [0.5, 0.6) is 0 Å². The van der Waals surface area contributed by atoms with E-state index in [0.29, 0.717) is 6.04 Å². The second-order valence-corrected chi connectivity index (χ2v) is 4.75. The largest absolute Gasteiger partial charge is 0.395 e. The Bertz CT molecular complexity index is 358. The fourth-order valence-corrected chi connectivity index (χ4v) is 2.50. The lowest BCUT2D eigenvalue weighted by atomic mass is 10.0. The molecule has 0 aliphatic heterocycles. The topological polar surface area (TPSA) is 32.3 Å². The van der Waals surface area contributed by atoms with Crippen LogP contribution in [0.3, 0.4) is 0 Å². The molecule has 0 saturated carbocycles. The zero-order chi connectivity index (χ0) is 11.5. The summed E-state index contributed by atoms with van der Waals surface area (Å²) in [5.41, 5.74) is 4.25. The summed E-state index contributed by atoms with van der Waals surface area (Å²) in [6.07, 6.45) is 3.31. The molecule has 0 spiro atoms. The molecule has 2 N–H and O–H groups in total. The Kier molecular flexibility index (Phi) is 3.62. The van der Waals surface area contributed by atoms with Gasteiger partial charge >= 0.3 is 0 Å². The second-order valence-electron chi connectivity index (χ2n) is 4.75. The number of hydrogen-bond donors (Lipinski definition) is 2. The van der Waals surface area contributed by atoms with Gasteiger partial charge in [0.1, 0.15) is 0 Å². The third-order valence-corrected chi connectivity index (χ3v) is 3.53. The minimum Gasteiger partial charge on any atom is -0.395 e.